The Balaban J connectivity index is 1.37. The first-order chi connectivity index (χ1) is 13.6. The van der Waals surface area contributed by atoms with E-state index >= 15 is 0 Å². The van der Waals surface area contributed by atoms with Gasteiger partial charge in [-0.1, -0.05) is 6.92 Å². The molecule has 6 heteroatoms. The van der Waals surface area contributed by atoms with Gasteiger partial charge in [-0.15, -0.1) is 0 Å². The number of nitrogens with two attached hydrogens (primary N) is 1. The van der Waals surface area contributed by atoms with Gasteiger partial charge in [0.05, 0.1) is 11.3 Å². The summed E-state index contributed by atoms with van der Waals surface area (Å²) in [7, 11) is 0. The molecule has 0 spiro atoms. The lowest BCUT2D eigenvalue weighted by molar-refractivity contribution is 0.103. The Morgan fingerprint density at radius 2 is 1.82 bits per heavy atom. The number of benzene rings is 1. The van der Waals surface area contributed by atoms with Crippen LogP contribution in [0.3, 0.4) is 0 Å². The average Bonchev–Trinajstić information content (AvgIpc) is 3.17. The summed E-state index contributed by atoms with van der Waals surface area (Å²) in [6.07, 6.45) is 8.35. The lowest BCUT2D eigenvalue weighted by Gasteiger charge is -2.39. The second-order valence-corrected chi connectivity index (χ2v) is 8.95. The van der Waals surface area contributed by atoms with Crippen LogP contribution >= 0.6 is 0 Å². The van der Waals surface area contributed by atoms with E-state index in [2.05, 4.69) is 32.8 Å². The zero-order valence-corrected chi connectivity index (χ0v) is 16.5. The van der Waals surface area contributed by atoms with Crippen molar-refractivity contribution in [1.29, 1.82) is 5.26 Å². The van der Waals surface area contributed by atoms with Crippen molar-refractivity contribution in [3.8, 4) is 6.07 Å². The molecule has 0 saturated carbocycles. The number of hydrogen-bond acceptors (Lipinski definition) is 6. The van der Waals surface area contributed by atoms with Gasteiger partial charge in [0, 0.05) is 50.2 Å². The van der Waals surface area contributed by atoms with Crippen LogP contribution in [0.1, 0.15) is 38.2 Å². The predicted octanol–water partition coefficient (Wildman–Crippen LogP) is 2.53. The molecule has 2 bridgehead atoms. The lowest BCUT2D eigenvalue weighted by atomic mass is 9.93. The molecule has 3 aliphatic heterocycles. The molecule has 4 heterocycles. The van der Waals surface area contributed by atoms with Crippen molar-refractivity contribution in [2.45, 2.75) is 50.7 Å². The van der Waals surface area contributed by atoms with Crippen molar-refractivity contribution >= 4 is 16.7 Å². The van der Waals surface area contributed by atoms with Gasteiger partial charge >= 0.3 is 0 Å². The molecule has 3 saturated heterocycles. The fourth-order valence-corrected chi connectivity index (χ4v) is 5.74. The Bertz CT molecular complexity index is 907. The molecule has 28 heavy (non-hydrogen) atoms. The smallest absolute Gasteiger partial charge is 0.113 e. The summed E-state index contributed by atoms with van der Waals surface area (Å²) in [5.74, 6) is 1.29. The topological polar surface area (TPSA) is 82.1 Å². The van der Waals surface area contributed by atoms with Crippen LogP contribution in [0.15, 0.2) is 24.5 Å². The van der Waals surface area contributed by atoms with Gasteiger partial charge in [0.15, 0.2) is 0 Å². The molecule has 0 aliphatic carbocycles. The van der Waals surface area contributed by atoms with E-state index in [1.807, 2.05) is 12.1 Å². The van der Waals surface area contributed by atoms with E-state index in [0.29, 0.717) is 41.0 Å². The second kappa shape index (κ2) is 6.98. The Morgan fingerprint density at radius 1 is 1.11 bits per heavy atom. The Kier molecular flexibility index (Phi) is 4.45. The third-order valence-corrected chi connectivity index (χ3v) is 7.20. The highest BCUT2D eigenvalue weighted by Crippen LogP contribution is 2.39. The lowest BCUT2D eigenvalue weighted by Crippen LogP contribution is -2.49. The standard InChI is InChI=1S/C22H28N6/c1-14-11-27(20-5-2-15(10-23)21-22(20)26-7-6-25-21)12-16(14)13-28-18-3-4-19(28)9-17(24)8-18/h2,5-7,14,16-19H,3-4,8-9,11-13,24H2,1H3/t14-,16+,17?,18?,19?/m0/s1. The Labute approximate surface area is 166 Å². The molecule has 1 aromatic heterocycles. The molecule has 146 valence electrons. The molecule has 2 unspecified atom stereocenters. The minimum Gasteiger partial charge on any atom is -0.369 e. The monoisotopic (exact) mass is 376 g/mol. The van der Waals surface area contributed by atoms with Crippen molar-refractivity contribution in [1.82, 2.24) is 14.9 Å². The molecule has 0 amide bonds. The van der Waals surface area contributed by atoms with Crippen LogP contribution in [0, 0.1) is 23.2 Å². The number of nitrogens with zero attached hydrogens (tertiary/aromatic N) is 5. The molecule has 5 rings (SSSR count). The zero-order chi connectivity index (χ0) is 19.3. The van der Waals surface area contributed by atoms with Crippen LogP contribution in [0.2, 0.25) is 0 Å². The first kappa shape index (κ1) is 17.8. The number of hydrogen-bond donors (Lipinski definition) is 1. The largest absolute Gasteiger partial charge is 0.369 e. The number of fused-ring (bicyclic) bond motifs is 3. The van der Waals surface area contributed by atoms with Crippen molar-refractivity contribution < 1.29 is 0 Å². The molecule has 2 N–H and O–H groups in total. The quantitative estimate of drug-likeness (QED) is 0.886. The van der Waals surface area contributed by atoms with Gasteiger partial charge in [0.2, 0.25) is 0 Å². The molecular formula is C22H28N6. The maximum Gasteiger partial charge on any atom is 0.113 e. The van der Waals surface area contributed by atoms with E-state index < -0.39 is 0 Å². The number of aromatic nitrogens is 2. The maximum atomic E-state index is 9.39. The molecule has 0 radical (unpaired) electrons. The van der Waals surface area contributed by atoms with Gasteiger partial charge in [0.1, 0.15) is 17.1 Å². The van der Waals surface area contributed by atoms with Gasteiger partial charge in [-0.05, 0) is 49.7 Å². The summed E-state index contributed by atoms with van der Waals surface area (Å²) >= 11 is 0. The molecule has 4 atom stereocenters. The van der Waals surface area contributed by atoms with Gasteiger partial charge in [-0.3, -0.25) is 14.9 Å². The van der Waals surface area contributed by atoms with E-state index in [1.54, 1.807) is 12.4 Å². The van der Waals surface area contributed by atoms with Crippen LogP contribution in [-0.4, -0.2) is 52.6 Å². The Morgan fingerprint density at radius 3 is 2.54 bits per heavy atom. The highest BCUT2D eigenvalue weighted by molar-refractivity contribution is 5.92. The fraction of sp³-hybridized carbons (Fsp3) is 0.591. The van der Waals surface area contributed by atoms with Crippen LogP contribution in [0.5, 0.6) is 0 Å². The number of rotatable bonds is 3. The molecule has 3 aliphatic rings. The number of piperidine rings is 1. The predicted molar refractivity (Wildman–Crippen MR) is 110 cm³/mol. The fourth-order valence-electron chi connectivity index (χ4n) is 5.74. The van der Waals surface area contributed by atoms with E-state index in [1.165, 1.54) is 19.4 Å². The van der Waals surface area contributed by atoms with Crippen LogP contribution < -0.4 is 10.6 Å². The molecule has 1 aromatic carbocycles. The number of anilines is 1. The highest BCUT2D eigenvalue weighted by atomic mass is 15.2. The van der Waals surface area contributed by atoms with Gasteiger partial charge in [0.25, 0.3) is 0 Å². The van der Waals surface area contributed by atoms with Gasteiger partial charge < -0.3 is 10.6 Å². The average molecular weight is 377 g/mol. The van der Waals surface area contributed by atoms with Crippen LogP contribution in [-0.2, 0) is 0 Å². The minimum absolute atomic E-state index is 0.398. The SMILES string of the molecule is C[C@H]1CN(c2ccc(C#N)c3nccnc23)C[C@@H]1CN1C2CCC1CC(N)C2. The summed E-state index contributed by atoms with van der Waals surface area (Å²) in [6, 6.07) is 7.96. The zero-order valence-electron chi connectivity index (χ0n) is 16.5. The van der Waals surface area contributed by atoms with Crippen molar-refractivity contribution in [2.24, 2.45) is 17.6 Å². The minimum atomic E-state index is 0.398. The van der Waals surface area contributed by atoms with Gasteiger partial charge in [-0.25, -0.2) is 0 Å². The van der Waals surface area contributed by atoms with Crippen LogP contribution in [0.4, 0.5) is 5.69 Å². The third kappa shape index (κ3) is 2.94. The highest BCUT2D eigenvalue weighted by Gasteiger charge is 2.42. The molecule has 3 fully saturated rings. The summed E-state index contributed by atoms with van der Waals surface area (Å²) < 4.78 is 0. The van der Waals surface area contributed by atoms with E-state index in [0.717, 1.165) is 37.1 Å². The molecule has 2 aromatic rings. The molecular weight excluding hydrogens is 348 g/mol. The van der Waals surface area contributed by atoms with Crippen LogP contribution in [0.25, 0.3) is 11.0 Å². The van der Waals surface area contributed by atoms with Crippen molar-refractivity contribution in [3.63, 3.8) is 0 Å². The normalized spacial score (nSPS) is 32.8. The summed E-state index contributed by atoms with van der Waals surface area (Å²) in [6.45, 7) is 5.63. The van der Waals surface area contributed by atoms with Gasteiger partial charge in [-0.2, -0.15) is 5.26 Å². The van der Waals surface area contributed by atoms with E-state index in [4.69, 9.17) is 5.73 Å². The first-order valence-electron chi connectivity index (χ1n) is 10.5. The number of nitriles is 1. The Hall–Kier alpha value is -2.23. The summed E-state index contributed by atoms with van der Waals surface area (Å²) in [5, 5.41) is 9.39. The van der Waals surface area contributed by atoms with Crippen molar-refractivity contribution in [3.05, 3.63) is 30.1 Å². The van der Waals surface area contributed by atoms with E-state index in [-0.39, 0.29) is 0 Å². The second-order valence-electron chi connectivity index (χ2n) is 8.95. The van der Waals surface area contributed by atoms with E-state index in [9.17, 15) is 5.26 Å². The maximum absolute atomic E-state index is 9.39. The third-order valence-electron chi connectivity index (χ3n) is 7.20. The first-order valence-corrected chi connectivity index (χ1v) is 10.5. The van der Waals surface area contributed by atoms with Crippen molar-refractivity contribution in [2.75, 3.05) is 24.5 Å². The molecule has 6 nitrogen and oxygen atoms in total. The summed E-state index contributed by atoms with van der Waals surface area (Å²) in [4.78, 5) is 14.2. The summed E-state index contributed by atoms with van der Waals surface area (Å²) in [5.41, 5.74) is 9.52.